The van der Waals surface area contributed by atoms with Gasteiger partial charge in [0, 0.05) is 0 Å². The van der Waals surface area contributed by atoms with Crippen LogP contribution in [0.2, 0.25) is 0 Å². The summed E-state index contributed by atoms with van der Waals surface area (Å²) in [5.41, 5.74) is 0.718. The van der Waals surface area contributed by atoms with E-state index in [1.807, 2.05) is 6.07 Å². The van der Waals surface area contributed by atoms with Crippen molar-refractivity contribution in [3.8, 4) is 0 Å². The number of carbonyl (C=O) groups excluding carboxylic acids is 1. The first kappa shape index (κ1) is 19.1. The van der Waals surface area contributed by atoms with Crippen molar-refractivity contribution < 1.29 is 13.2 Å². The minimum atomic E-state index is -4.07. The maximum Gasteiger partial charge on any atom is 0.225 e. The Labute approximate surface area is 155 Å². The molecule has 0 saturated heterocycles. The van der Waals surface area contributed by atoms with E-state index in [1.54, 1.807) is 42.5 Å². The van der Waals surface area contributed by atoms with E-state index < -0.39 is 24.9 Å². The lowest BCUT2D eigenvalue weighted by molar-refractivity contribution is -0.120. The molecule has 0 aliphatic rings. The van der Waals surface area contributed by atoms with Gasteiger partial charge in [0.15, 0.2) is 5.37 Å². The molecule has 8 heteroatoms. The lowest BCUT2D eigenvalue weighted by Crippen LogP contribution is -2.49. The van der Waals surface area contributed by atoms with Crippen LogP contribution in [0.4, 0.5) is 0 Å². The van der Waals surface area contributed by atoms with E-state index in [9.17, 15) is 13.2 Å². The fraction of sp³-hybridized carbons (Fsp3) is 0.188. The van der Waals surface area contributed by atoms with Gasteiger partial charge in [0.05, 0.1) is 11.3 Å². The predicted molar refractivity (Wildman–Crippen MR) is 96.0 cm³/mol. The Kier molecular flexibility index (Phi) is 6.15. The largest absolute Gasteiger partial charge is 0.335 e. The molecule has 2 aromatic carbocycles. The van der Waals surface area contributed by atoms with Gasteiger partial charge in [-0.05, 0) is 17.7 Å². The third-order valence-electron chi connectivity index (χ3n) is 3.18. The molecule has 0 bridgehead atoms. The van der Waals surface area contributed by atoms with Crippen molar-refractivity contribution in [3.63, 3.8) is 0 Å². The normalized spacial score (nSPS) is 13.3. The number of alkyl halides is 3. The molecule has 0 saturated carbocycles. The van der Waals surface area contributed by atoms with Crippen LogP contribution in [0.5, 0.6) is 0 Å². The fourth-order valence-corrected chi connectivity index (χ4v) is 4.73. The maximum absolute atomic E-state index is 12.7. The summed E-state index contributed by atoms with van der Waals surface area (Å²) in [7, 11) is -4.07. The number of benzene rings is 2. The molecular formula is C16H14Cl3NO3S. The lowest BCUT2D eigenvalue weighted by atomic mass is 10.1. The molecule has 1 atom stereocenters. The number of halogens is 3. The fourth-order valence-electron chi connectivity index (χ4n) is 2.06. The Morgan fingerprint density at radius 3 is 1.96 bits per heavy atom. The summed E-state index contributed by atoms with van der Waals surface area (Å²) in [6, 6.07) is 16.4. The van der Waals surface area contributed by atoms with Gasteiger partial charge in [-0.2, -0.15) is 0 Å². The molecule has 0 radical (unpaired) electrons. The van der Waals surface area contributed by atoms with E-state index in [0.717, 1.165) is 5.56 Å². The molecule has 0 aliphatic heterocycles. The van der Waals surface area contributed by atoms with Crippen molar-refractivity contribution in [1.29, 1.82) is 0 Å². The third-order valence-corrected chi connectivity index (χ3v) is 6.24. The topological polar surface area (TPSA) is 63.2 Å². The molecule has 4 nitrogen and oxygen atoms in total. The molecule has 2 rings (SSSR count). The van der Waals surface area contributed by atoms with Crippen molar-refractivity contribution >= 4 is 50.5 Å². The SMILES string of the molecule is O=C(Cc1ccccc1)N[C@@H](C(Cl)(Cl)Cl)S(=O)(=O)c1ccccc1. The quantitative estimate of drug-likeness (QED) is 0.773. The van der Waals surface area contributed by atoms with Gasteiger partial charge in [0.2, 0.25) is 19.5 Å². The van der Waals surface area contributed by atoms with Crippen molar-refractivity contribution in [1.82, 2.24) is 5.32 Å². The molecule has 0 heterocycles. The van der Waals surface area contributed by atoms with Crippen molar-refractivity contribution in [3.05, 3.63) is 66.2 Å². The summed E-state index contributed by atoms with van der Waals surface area (Å²) >= 11 is 17.5. The first-order chi connectivity index (χ1) is 11.2. The smallest absolute Gasteiger partial charge is 0.225 e. The Hall–Kier alpha value is -1.27. The maximum atomic E-state index is 12.7. The van der Waals surface area contributed by atoms with Gasteiger partial charge in [-0.3, -0.25) is 4.79 Å². The molecule has 1 amide bonds. The van der Waals surface area contributed by atoms with Crippen LogP contribution in [0.25, 0.3) is 0 Å². The van der Waals surface area contributed by atoms with E-state index in [2.05, 4.69) is 5.32 Å². The molecular weight excluding hydrogens is 393 g/mol. The zero-order valence-electron chi connectivity index (χ0n) is 12.3. The Morgan fingerprint density at radius 1 is 0.958 bits per heavy atom. The molecule has 0 spiro atoms. The van der Waals surface area contributed by atoms with Gasteiger partial charge in [-0.15, -0.1) is 0 Å². The van der Waals surface area contributed by atoms with Crippen molar-refractivity contribution in [2.75, 3.05) is 0 Å². The van der Waals surface area contributed by atoms with E-state index in [1.165, 1.54) is 12.1 Å². The Morgan fingerprint density at radius 2 is 1.46 bits per heavy atom. The second kappa shape index (κ2) is 7.74. The van der Waals surface area contributed by atoms with Gasteiger partial charge >= 0.3 is 0 Å². The lowest BCUT2D eigenvalue weighted by Gasteiger charge is -2.25. The molecule has 0 unspecified atom stereocenters. The van der Waals surface area contributed by atoms with Gasteiger partial charge in [0.1, 0.15) is 0 Å². The third kappa shape index (κ3) is 4.86. The van der Waals surface area contributed by atoms with E-state index in [-0.39, 0.29) is 11.3 Å². The highest BCUT2D eigenvalue weighted by Crippen LogP contribution is 2.35. The zero-order valence-corrected chi connectivity index (χ0v) is 15.4. The Balaban J connectivity index is 2.25. The average molecular weight is 407 g/mol. The van der Waals surface area contributed by atoms with E-state index in [0.29, 0.717) is 0 Å². The number of hydrogen-bond acceptors (Lipinski definition) is 3. The van der Waals surface area contributed by atoms with Crippen molar-refractivity contribution in [2.45, 2.75) is 20.5 Å². The van der Waals surface area contributed by atoms with Gasteiger partial charge in [-0.1, -0.05) is 83.3 Å². The highest BCUT2D eigenvalue weighted by molar-refractivity contribution is 7.92. The summed E-state index contributed by atoms with van der Waals surface area (Å²) in [6.07, 6.45) is -0.0254. The van der Waals surface area contributed by atoms with Crippen LogP contribution in [0.15, 0.2) is 65.6 Å². The standard InChI is InChI=1S/C16H14Cl3NO3S/c17-16(18,19)15(24(22,23)13-9-5-2-6-10-13)20-14(21)11-12-7-3-1-4-8-12/h1-10,15H,11H2,(H,20,21)/t15-/m1/s1. The summed E-state index contributed by atoms with van der Waals surface area (Å²) in [5.74, 6) is -0.558. The van der Waals surface area contributed by atoms with Crippen molar-refractivity contribution in [2.24, 2.45) is 0 Å². The van der Waals surface area contributed by atoms with E-state index in [4.69, 9.17) is 34.8 Å². The number of nitrogens with one attached hydrogen (secondary N) is 1. The van der Waals surface area contributed by atoms with Crippen LogP contribution in [0, 0.1) is 0 Å². The van der Waals surface area contributed by atoms with Crippen LogP contribution in [-0.2, 0) is 21.1 Å². The van der Waals surface area contributed by atoms with Crippen LogP contribution in [0.1, 0.15) is 5.56 Å². The van der Waals surface area contributed by atoms with Gasteiger partial charge in [-0.25, -0.2) is 8.42 Å². The Bertz CT molecular complexity index is 790. The highest BCUT2D eigenvalue weighted by Gasteiger charge is 2.44. The first-order valence-corrected chi connectivity index (χ1v) is 9.58. The molecule has 0 aromatic heterocycles. The molecule has 2 aromatic rings. The van der Waals surface area contributed by atoms with Gasteiger partial charge < -0.3 is 5.32 Å². The molecule has 0 fully saturated rings. The number of hydrogen-bond donors (Lipinski definition) is 1. The number of amides is 1. The minimum Gasteiger partial charge on any atom is -0.335 e. The predicted octanol–water partition coefficient (Wildman–Crippen LogP) is 3.52. The van der Waals surface area contributed by atoms with E-state index >= 15 is 0 Å². The molecule has 24 heavy (non-hydrogen) atoms. The summed E-state index contributed by atoms with van der Waals surface area (Å²) in [5, 5.41) is 0.621. The zero-order chi connectivity index (χ0) is 17.8. The van der Waals surface area contributed by atoms with Crippen LogP contribution in [0.3, 0.4) is 0 Å². The first-order valence-electron chi connectivity index (χ1n) is 6.90. The number of sulfone groups is 1. The van der Waals surface area contributed by atoms with Crippen LogP contribution < -0.4 is 5.32 Å². The minimum absolute atomic E-state index is 0.0254. The average Bonchev–Trinajstić information content (AvgIpc) is 2.53. The van der Waals surface area contributed by atoms with Crippen LogP contribution >= 0.6 is 34.8 Å². The second-order valence-corrected chi connectivity index (χ2v) is 9.41. The number of rotatable bonds is 5. The molecule has 1 N–H and O–H groups in total. The number of carbonyl (C=O) groups is 1. The summed E-state index contributed by atoms with van der Waals surface area (Å²) < 4.78 is 23.2. The monoisotopic (exact) mass is 405 g/mol. The highest BCUT2D eigenvalue weighted by atomic mass is 35.6. The van der Waals surface area contributed by atoms with Gasteiger partial charge in [0.25, 0.3) is 0 Å². The second-order valence-electron chi connectivity index (χ2n) is 5.01. The summed E-state index contributed by atoms with van der Waals surface area (Å²) in [6.45, 7) is 0. The molecule has 128 valence electrons. The summed E-state index contributed by atoms with van der Waals surface area (Å²) in [4.78, 5) is 12.2. The van der Waals surface area contributed by atoms with Crippen LogP contribution in [-0.4, -0.2) is 23.5 Å². The molecule has 0 aliphatic carbocycles.